The lowest BCUT2D eigenvalue weighted by atomic mass is 9.88. The van der Waals surface area contributed by atoms with Crippen LogP contribution in [0.4, 0.5) is 0 Å². The first-order valence-electron chi connectivity index (χ1n) is 7.65. The van der Waals surface area contributed by atoms with Crippen molar-refractivity contribution in [3.05, 3.63) is 0 Å². The Morgan fingerprint density at radius 2 is 2.11 bits per heavy atom. The molecule has 1 saturated heterocycles. The van der Waals surface area contributed by atoms with E-state index in [4.69, 9.17) is 4.74 Å². The number of hydrogen-bond acceptors (Lipinski definition) is 3. The number of rotatable bonds is 3. The van der Waals surface area contributed by atoms with Crippen molar-refractivity contribution in [2.75, 3.05) is 19.6 Å². The van der Waals surface area contributed by atoms with Crippen LogP contribution < -0.4 is 5.32 Å². The maximum Gasteiger partial charge on any atom is 0.0757 e. The number of hydrogen-bond donors (Lipinski definition) is 1. The molecule has 1 N–H and O–H groups in total. The fourth-order valence-electron chi connectivity index (χ4n) is 3.75. The molecule has 0 amide bonds. The summed E-state index contributed by atoms with van der Waals surface area (Å²) in [6.45, 7) is 12.2. The van der Waals surface area contributed by atoms with E-state index < -0.39 is 0 Å². The van der Waals surface area contributed by atoms with Gasteiger partial charge in [-0.3, -0.25) is 4.90 Å². The van der Waals surface area contributed by atoms with Crippen LogP contribution in [0.25, 0.3) is 0 Å². The summed E-state index contributed by atoms with van der Waals surface area (Å²) in [6.07, 6.45) is 5.77. The van der Waals surface area contributed by atoms with Gasteiger partial charge in [-0.2, -0.15) is 0 Å². The Hall–Kier alpha value is -0.120. The fraction of sp³-hybridized carbons (Fsp3) is 1.00. The highest BCUT2D eigenvalue weighted by Crippen LogP contribution is 2.29. The van der Waals surface area contributed by atoms with E-state index in [9.17, 15) is 0 Å². The lowest BCUT2D eigenvalue weighted by Crippen LogP contribution is -2.56. The van der Waals surface area contributed by atoms with E-state index in [2.05, 4.69) is 37.9 Å². The molecule has 3 heteroatoms. The average molecular weight is 254 g/mol. The van der Waals surface area contributed by atoms with Crippen LogP contribution in [0.15, 0.2) is 0 Å². The van der Waals surface area contributed by atoms with Crippen molar-refractivity contribution in [1.82, 2.24) is 10.2 Å². The van der Waals surface area contributed by atoms with Crippen molar-refractivity contribution in [1.29, 1.82) is 0 Å². The van der Waals surface area contributed by atoms with E-state index in [0.717, 1.165) is 31.7 Å². The molecule has 0 aromatic heterocycles. The van der Waals surface area contributed by atoms with E-state index in [1.165, 1.54) is 25.7 Å². The second-order valence-electron chi connectivity index (χ2n) is 6.69. The van der Waals surface area contributed by atoms with Gasteiger partial charge in [0.2, 0.25) is 0 Å². The molecule has 3 nitrogen and oxygen atoms in total. The first-order valence-corrected chi connectivity index (χ1v) is 7.65. The zero-order chi connectivity index (χ0) is 13.2. The predicted octanol–water partition coefficient (Wildman–Crippen LogP) is 2.41. The topological polar surface area (TPSA) is 24.5 Å². The molecule has 18 heavy (non-hydrogen) atoms. The third kappa shape index (κ3) is 3.69. The van der Waals surface area contributed by atoms with Crippen molar-refractivity contribution >= 4 is 0 Å². The molecule has 1 aliphatic carbocycles. The van der Waals surface area contributed by atoms with Gasteiger partial charge in [-0.15, -0.1) is 0 Å². The standard InChI is InChI=1S/C15H30N2O/c1-5-16-13-7-6-8-14(9-13)17-10-12(2)18-15(3,4)11-17/h12-14,16H,5-11H2,1-4H3. The van der Waals surface area contributed by atoms with Crippen LogP contribution in [0.3, 0.4) is 0 Å². The summed E-state index contributed by atoms with van der Waals surface area (Å²) in [4.78, 5) is 2.68. The highest BCUT2D eigenvalue weighted by Gasteiger charge is 2.36. The predicted molar refractivity (Wildman–Crippen MR) is 75.9 cm³/mol. The van der Waals surface area contributed by atoms with Gasteiger partial charge in [0.25, 0.3) is 0 Å². The number of nitrogens with zero attached hydrogens (tertiary/aromatic N) is 1. The molecule has 0 bridgehead atoms. The SMILES string of the molecule is CCNC1CCCC(N2CC(C)OC(C)(C)C2)C1. The van der Waals surface area contributed by atoms with E-state index in [1.807, 2.05) is 0 Å². The zero-order valence-corrected chi connectivity index (χ0v) is 12.5. The van der Waals surface area contributed by atoms with Gasteiger partial charge in [-0.05, 0) is 46.6 Å². The largest absolute Gasteiger partial charge is 0.370 e. The Kier molecular flexibility index (Phi) is 4.68. The zero-order valence-electron chi connectivity index (χ0n) is 12.5. The fourth-order valence-corrected chi connectivity index (χ4v) is 3.75. The maximum atomic E-state index is 6.01. The molecule has 3 unspecified atom stereocenters. The number of ether oxygens (including phenoxy) is 1. The van der Waals surface area contributed by atoms with Crippen LogP contribution >= 0.6 is 0 Å². The number of nitrogens with one attached hydrogen (secondary N) is 1. The van der Waals surface area contributed by atoms with E-state index in [-0.39, 0.29) is 5.60 Å². The molecule has 2 fully saturated rings. The summed E-state index contributed by atoms with van der Waals surface area (Å²) in [5, 5.41) is 3.63. The Morgan fingerprint density at radius 3 is 2.78 bits per heavy atom. The van der Waals surface area contributed by atoms with E-state index in [1.54, 1.807) is 0 Å². The first-order chi connectivity index (χ1) is 8.50. The third-order valence-electron chi connectivity index (χ3n) is 4.25. The van der Waals surface area contributed by atoms with Crippen LogP contribution in [0, 0.1) is 0 Å². The van der Waals surface area contributed by atoms with Gasteiger partial charge in [-0.25, -0.2) is 0 Å². The molecule has 2 aliphatic rings. The molecule has 0 aromatic rings. The molecule has 0 radical (unpaired) electrons. The Labute approximate surface area is 112 Å². The van der Waals surface area contributed by atoms with Gasteiger partial charge < -0.3 is 10.1 Å². The minimum absolute atomic E-state index is 0.0167. The summed E-state index contributed by atoms with van der Waals surface area (Å²) in [6, 6.07) is 1.49. The van der Waals surface area contributed by atoms with Gasteiger partial charge in [0.05, 0.1) is 11.7 Å². The van der Waals surface area contributed by atoms with E-state index in [0.29, 0.717) is 6.10 Å². The molecular weight excluding hydrogens is 224 g/mol. The van der Waals surface area contributed by atoms with Gasteiger partial charge in [0, 0.05) is 25.2 Å². The Morgan fingerprint density at radius 1 is 1.33 bits per heavy atom. The van der Waals surface area contributed by atoms with Crippen molar-refractivity contribution in [3.8, 4) is 0 Å². The normalized spacial score (nSPS) is 37.7. The molecule has 1 saturated carbocycles. The lowest BCUT2D eigenvalue weighted by Gasteiger charge is -2.47. The maximum absolute atomic E-state index is 6.01. The van der Waals surface area contributed by atoms with Crippen molar-refractivity contribution < 1.29 is 4.74 Å². The summed E-state index contributed by atoms with van der Waals surface area (Å²) < 4.78 is 6.01. The second-order valence-corrected chi connectivity index (χ2v) is 6.69. The summed E-state index contributed by atoms with van der Waals surface area (Å²) in [5.41, 5.74) is 0.0167. The minimum atomic E-state index is 0.0167. The van der Waals surface area contributed by atoms with Gasteiger partial charge in [-0.1, -0.05) is 13.3 Å². The molecule has 1 aliphatic heterocycles. The molecule has 2 rings (SSSR count). The third-order valence-corrected chi connectivity index (χ3v) is 4.25. The van der Waals surface area contributed by atoms with Crippen LogP contribution in [0.1, 0.15) is 53.4 Å². The summed E-state index contributed by atoms with van der Waals surface area (Å²) >= 11 is 0. The van der Waals surface area contributed by atoms with Crippen LogP contribution in [0.2, 0.25) is 0 Å². The van der Waals surface area contributed by atoms with Gasteiger partial charge in [0.1, 0.15) is 0 Å². The minimum Gasteiger partial charge on any atom is -0.370 e. The molecule has 1 heterocycles. The van der Waals surface area contributed by atoms with Crippen molar-refractivity contribution in [2.24, 2.45) is 0 Å². The van der Waals surface area contributed by atoms with Crippen molar-refractivity contribution in [3.63, 3.8) is 0 Å². The molecule has 0 spiro atoms. The second kappa shape index (κ2) is 5.89. The van der Waals surface area contributed by atoms with Crippen LogP contribution in [0.5, 0.6) is 0 Å². The summed E-state index contributed by atoms with van der Waals surface area (Å²) in [7, 11) is 0. The highest BCUT2D eigenvalue weighted by atomic mass is 16.5. The smallest absolute Gasteiger partial charge is 0.0757 e. The molecular formula is C15H30N2O. The Balaban J connectivity index is 1.93. The monoisotopic (exact) mass is 254 g/mol. The van der Waals surface area contributed by atoms with Crippen LogP contribution in [-0.4, -0.2) is 48.3 Å². The molecule has 3 atom stereocenters. The Bertz CT molecular complexity index is 265. The molecule has 106 valence electrons. The van der Waals surface area contributed by atoms with E-state index >= 15 is 0 Å². The number of morpholine rings is 1. The summed E-state index contributed by atoms with van der Waals surface area (Å²) in [5.74, 6) is 0. The lowest BCUT2D eigenvalue weighted by molar-refractivity contribution is -0.140. The van der Waals surface area contributed by atoms with Gasteiger partial charge in [0.15, 0.2) is 0 Å². The highest BCUT2D eigenvalue weighted by molar-refractivity contribution is 4.90. The van der Waals surface area contributed by atoms with Crippen LogP contribution in [-0.2, 0) is 4.74 Å². The average Bonchev–Trinajstić information content (AvgIpc) is 2.27. The first kappa shape index (κ1) is 14.3. The van der Waals surface area contributed by atoms with Gasteiger partial charge >= 0.3 is 0 Å². The quantitative estimate of drug-likeness (QED) is 0.837. The van der Waals surface area contributed by atoms with Crippen molar-refractivity contribution in [2.45, 2.75) is 77.2 Å². The molecule has 0 aromatic carbocycles.